The minimum Gasteiger partial charge on any atom is -1.00 e. The van der Waals surface area contributed by atoms with E-state index >= 15 is 0 Å². The molecule has 0 bridgehead atoms. The third-order valence-electron chi connectivity index (χ3n) is 0. The van der Waals surface area contributed by atoms with Crippen LogP contribution in [0.4, 0.5) is 0 Å². The summed E-state index contributed by atoms with van der Waals surface area (Å²) in [5, 5.41) is 0. The van der Waals surface area contributed by atoms with E-state index in [2.05, 4.69) is 0 Å². The summed E-state index contributed by atoms with van der Waals surface area (Å²) in [6, 6.07) is 0. The van der Waals surface area contributed by atoms with Crippen molar-refractivity contribution in [3.8, 4) is 0 Å². The molecule has 0 N–H and O–H groups in total. The Kier molecular flexibility index (Phi) is 819. The van der Waals surface area contributed by atoms with Crippen LogP contribution in [0.3, 0.4) is 0 Å². The first-order chi connectivity index (χ1) is 0. The maximum Gasteiger partial charge on any atom is 2.00 e. The van der Waals surface area contributed by atoms with E-state index in [0.717, 1.165) is 0 Å². The van der Waals surface area contributed by atoms with Crippen molar-refractivity contribution in [2.45, 2.75) is 0 Å². The van der Waals surface area contributed by atoms with Gasteiger partial charge in [0.25, 0.3) is 0 Å². The van der Waals surface area contributed by atoms with Gasteiger partial charge < -0.3 is 74.4 Å². The van der Waals surface area contributed by atoms with E-state index in [1.807, 2.05) is 0 Å². The Balaban J connectivity index is 0. The third-order valence-corrected chi connectivity index (χ3v) is 0. The molecule has 0 aliphatic carbocycles. The molecule has 0 rings (SSSR count). The van der Waals surface area contributed by atoms with Gasteiger partial charge in [-0.1, -0.05) is 0 Å². The monoisotopic (exact) mass is 354 g/mol. The summed E-state index contributed by atoms with van der Waals surface area (Å²) in [7, 11) is 0. The van der Waals surface area contributed by atoms with Crippen LogP contribution in [0.2, 0.25) is 0 Å². The molecule has 0 aliphatic rings. The molecule has 0 spiro atoms. The smallest absolute Gasteiger partial charge is 1.00 e. The largest absolute Gasteiger partial charge is 2.00 e. The average molecular weight is 358 g/mol. The van der Waals surface area contributed by atoms with Gasteiger partial charge in [0.05, 0.1) is 0 Å². The summed E-state index contributed by atoms with van der Waals surface area (Å²) in [6.07, 6.45) is 0. The fourth-order valence-electron chi connectivity index (χ4n) is 0. The molecular formula is Ca2Cl6Zn. The SMILES string of the molecule is [Ca+2].[Ca+2].[Cl-].[Cl-].[Cl-].[Cl-].[Cl-].[Cl-].[Zn+2]. The first kappa shape index (κ1) is 96.6. The minimum atomic E-state index is 0. The standard InChI is InChI=1S/2Ca.6ClH.Zn/h;;6*1H;/q2*+2;;;;;;;+2/p-6. The van der Waals surface area contributed by atoms with Gasteiger partial charge in [0, 0.05) is 0 Å². The molecule has 48 valence electrons. The summed E-state index contributed by atoms with van der Waals surface area (Å²) in [4.78, 5) is 0. The van der Waals surface area contributed by atoms with E-state index in [-0.39, 0.29) is 169 Å². The van der Waals surface area contributed by atoms with Crippen molar-refractivity contribution in [3.63, 3.8) is 0 Å². The van der Waals surface area contributed by atoms with Gasteiger partial charge >= 0.3 is 95.0 Å². The van der Waals surface area contributed by atoms with Crippen LogP contribution in [0.15, 0.2) is 0 Å². The van der Waals surface area contributed by atoms with Crippen LogP contribution in [-0.2, 0) is 19.5 Å². The average Bonchev–Trinajstić information content (AvgIpc) is 0. The molecule has 0 saturated heterocycles. The molecule has 0 fully saturated rings. The predicted octanol–water partition coefficient (Wildman–Crippen LogP) is -18.7. The van der Waals surface area contributed by atoms with Crippen molar-refractivity contribution in [1.82, 2.24) is 0 Å². The molecule has 9 heavy (non-hydrogen) atoms. The van der Waals surface area contributed by atoms with E-state index in [1.165, 1.54) is 0 Å². The molecule has 9 heteroatoms. The maximum atomic E-state index is 0. The van der Waals surface area contributed by atoms with Crippen LogP contribution < -0.4 is 74.4 Å². The Hall–Kier alpha value is 4.88. The first-order valence-electron chi connectivity index (χ1n) is 0. The third kappa shape index (κ3) is 64.0. The molecule has 0 aromatic carbocycles. The van der Waals surface area contributed by atoms with Crippen LogP contribution in [-0.4, -0.2) is 75.5 Å². The van der Waals surface area contributed by atoms with Crippen LogP contribution in [0.1, 0.15) is 0 Å². The van der Waals surface area contributed by atoms with Gasteiger partial charge in [-0.15, -0.1) is 0 Å². The Morgan fingerprint density at radius 2 is 0.333 bits per heavy atom. The van der Waals surface area contributed by atoms with Gasteiger partial charge in [0.2, 0.25) is 0 Å². The summed E-state index contributed by atoms with van der Waals surface area (Å²) < 4.78 is 0. The second kappa shape index (κ2) is 76.3. The molecule has 0 aromatic rings. The van der Waals surface area contributed by atoms with E-state index in [1.54, 1.807) is 0 Å². The summed E-state index contributed by atoms with van der Waals surface area (Å²) in [5.74, 6) is 0. The molecular weight excluding hydrogens is 358 g/mol. The van der Waals surface area contributed by atoms with Gasteiger partial charge in [0.1, 0.15) is 0 Å². The van der Waals surface area contributed by atoms with Crippen molar-refractivity contribution in [2.75, 3.05) is 0 Å². The molecule has 0 nitrogen and oxygen atoms in total. The zero-order valence-corrected chi connectivity index (χ0v) is 16.3. The number of hydrogen-bond acceptors (Lipinski definition) is 0. The van der Waals surface area contributed by atoms with Gasteiger partial charge in [-0.05, 0) is 0 Å². The van der Waals surface area contributed by atoms with Gasteiger partial charge in [-0.2, -0.15) is 0 Å². The molecule has 0 atom stereocenters. The Bertz CT molecular complexity index is 11.0. The van der Waals surface area contributed by atoms with Gasteiger partial charge in [-0.25, -0.2) is 0 Å². The number of halogens is 6. The van der Waals surface area contributed by atoms with Crippen LogP contribution >= 0.6 is 0 Å². The second-order valence-electron chi connectivity index (χ2n) is 0. The first-order valence-corrected chi connectivity index (χ1v) is 0. The van der Waals surface area contributed by atoms with E-state index < -0.39 is 0 Å². The van der Waals surface area contributed by atoms with Crippen LogP contribution in [0, 0.1) is 0 Å². The van der Waals surface area contributed by atoms with E-state index in [0.29, 0.717) is 0 Å². The molecule has 0 aliphatic heterocycles. The Morgan fingerprint density at radius 3 is 0.333 bits per heavy atom. The molecule has 0 amide bonds. The maximum absolute atomic E-state index is 0. The molecule has 0 unspecified atom stereocenters. The van der Waals surface area contributed by atoms with Crippen molar-refractivity contribution in [1.29, 1.82) is 0 Å². The predicted molar refractivity (Wildman–Crippen MR) is 11.5 cm³/mol. The zero-order chi connectivity index (χ0) is 0. The fourth-order valence-corrected chi connectivity index (χ4v) is 0. The van der Waals surface area contributed by atoms with E-state index in [4.69, 9.17) is 0 Å². The van der Waals surface area contributed by atoms with Crippen LogP contribution in [0.25, 0.3) is 0 Å². The molecule has 0 aromatic heterocycles. The normalized spacial score (nSPS) is 0. The second-order valence-corrected chi connectivity index (χ2v) is 0. The molecule has 0 heterocycles. The fraction of sp³-hybridized carbons (Fsp3) is 0. The van der Waals surface area contributed by atoms with Crippen molar-refractivity contribution in [2.24, 2.45) is 0 Å². The topological polar surface area (TPSA) is 0 Å². The number of hydrogen-bond donors (Lipinski definition) is 0. The quantitative estimate of drug-likeness (QED) is 0.378. The minimum absolute atomic E-state index is 0. The zero-order valence-electron chi connectivity index (χ0n) is 4.39. The van der Waals surface area contributed by atoms with Crippen LogP contribution in [0.5, 0.6) is 0 Å². The van der Waals surface area contributed by atoms with Gasteiger partial charge in [-0.3, -0.25) is 0 Å². The number of rotatable bonds is 0. The van der Waals surface area contributed by atoms with Gasteiger partial charge in [0.15, 0.2) is 0 Å². The Morgan fingerprint density at radius 1 is 0.333 bits per heavy atom. The van der Waals surface area contributed by atoms with Crippen molar-refractivity contribution >= 4 is 75.5 Å². The van der Waals surface area contributed by atoms with Crippen molar-refractivity contribution in [3.05, 3.63) is 0 Å². The van der Waals surface area contributed by atoms with Crippen molar-refractivity contribution < 1.29 is 93.9 Å². The van der Waals surface area contributed by atoms with E-state index in [9.17, 15) is 0 Å². The molecule has 0 radical (unpaired) electrons. The molecule has 0 saturated carbocycles. The Labute approximate surface area is 165 Å². The summed E-state index contributed by atoms with van der Waals surface area (Å²) in [6.45, 7) is 0. The summed E-state index contributed by atoms with van der Waals surface area (Å²) in [5.41, 5.74) is 0. The summed E-state index contributed by atoms with van der Waals surface area (Å²) >= 11 is 0.